The Morgan fingerprint density at radius 2 is 1.83 bits per heavy atom. The monoisotopic (exact) mass is 510 g/mol. The quantitative estimate of drug-likeness (QED) is 0.458. The molecule has 4 rings (SSSR count). The van der Waals surface area contributed by atoms with Crippen molar-refractivity contribution in [3.63, 3.8) is 0 Å². The summed E-state index contributed by atoms with van der Waals surface area (Å²) in [5, 5.41) is 0.0645. The zero-order valence-corrected chi connectivity index (χ0v) is 19.0. The molecule has 1 amide bonds. The Hall–Kier alpha value is -3.50. The predicted octanol–water partition coefficient (Wildman–Crippen LogP) is 4.94. The second-order valence-corrected chi connectivity index (χ2v) is 8.20. The van der Waals surface area contributed by atoms with Crippen LogP contribution in [0, 0.1) is 5.82 Å². The van der Waals surface area contributed by atoms with Crippen LogP contribution in [0.1, 0.15) is 21.5 Å². The van der Waals surface area contributed by atoms with Crippen LogP contribution in [0.15, 0.2) is 48.5 Å². The Kier molecular flexibility index (Phi) is 6.29. The van der Waals surface area contributed by atoms with E-state index in [4.69, 9.17) is 32.5 Å². The maximum Gasteiger partial charge on any atom is 0.573 e. The summed E-state index contributed by atoms with van der Waals surface area (Å²) in [6.07, 6.45) is -5.05. The highest BCUT2D eigenvalue weighted by Gasteiger charge is 2.45. The number of ether oxygens (including phenoxy) is 3. The van der Waals surface area contributed by atoms with Crippen LogP contribution in [0.25, 0.3) is 11.1 Å². The summed E-state index contributed by atoms with van der Waals surface area (Å²) in [5.74, 6) is -2.24. The summed E-state index contributed by atoms with van der Waals surface area (Å²) in [5.41, 5.74) is 10.1. The third kappa shape index (κ3) is 4.35. The van der Waals surface area contributed by atoms with Gasteiger partial charge < -0.3 is 25.7 Å². The van der Waals surface area contributed by atoms with E-state index in [0.717, 1.165) is 6.07 Å². The van der Waals surface area contributed by atoms with Crippen molar-refractivity contribution >= 4 is 17.5 Å². The molecule has 0 unspecified atom stereocenters. The van der Waals surface area contributed by atoms with E-state index in [1.807, 2.05) is 0 Å². The lowest BCUT2D eigenvalue weighted by molar-refractivity contribution is -0.275. The molecule has 11 heteroatoms. The van der Waals surface area contributed by atoms with Crippen molar-refractivity contribution in [3.05, 3.63) is 76.1 Å². The van der Waals surface area contributed by atoms with Crippen LogP contribution in [-0.2, 0) is 12.0 Å². The number of carbonyl (C=O) groups is 1. The molecule has 0 saturated carbocycles. The lowest BCUT2D eigenvalue weighted by Gasteiger charge is -2.29. The number of halogens is 5. The molecule has 0 fully saturated rings. The molecule has 4 N–H and O–H groups in total. The lowest BCUT2D eigenvalue weighted by atomic mass is 9.85. The van der Waals surface area contributed by atoms with Crippen molar-refractivity contribution in [2.24, 2.45) is 11.5 Å². The molecule has 0 spiro atoms. The van der Waals surface area contributed by atoms with Crippen molar-refractivity contribution in [1.82, 2.24) is 0 Å². The van der Waals surface area contributed by atoms with Gasteiger partial charge in [-0.05, 0) is 30.3 Å². The topological polar surface area (TPSA) is 96.8 Å². The fraction of sp³-hybridized carbons (Fsp3) is 0.208. The zero-order chi connectivity index (χ0) is 25.5. The van der Waals surface area contributed by atoms with Crippen LogP contribution in [0.5, 0.6) is 17.2 Å². The van der Waals surface area contributed by atoms with E-state index >= 15 is 4.39 Å². The molecule has 0 saturated heterocycles. The number of hydrogen-bond donors (Lipinski definition) is 2. The smallest absolute Gasteiger partial charge is 0.494 e. The average molecular weight is 511 g/mol. The first kappa shape index (κ1) is 24.6. The predicted molar refractivity (Wildman–Crippen MR) is 120 cm³/mol. The second kappa shape index (κ2) is 8.94. The van der Waals surface area contributed by atoms with Gasteiger partial charge in [0.15, 0.2) is 17.2 Å². The summed E-state index contributed by atoms with van der Waals surface area (Å²) in [6.45, 7) is -0.250. The SMILES string of the molecule is COc1ccc(C(N)=O)c(-c2c(Cl)ccc3c2C[C@@](CN)(c2ccccc2OC(F)(F)F)O3)c1F. The molecule has 0 aliphatic carbocycles. The number of alkyl halides is 3. The van der Waals surface area contributed by atoms with Crippen LogP contribution in [0.2, 0.25) is 5.02 Å². The van der Waals surface area contributed by atoms with Crippen LogP contribution in [0.3, 0.4) is 0 Å². The first-order chi connectivity index (χ1) is 16.5. The Bertz CT molecular complexity index is 1320. The number of primary amides is 1. The van der Waals surface area contributed by atoms with E-state index in [9.17, 15) is 18.0 Å². The number of hydrogen-bond acceptors (Lipinski definition) is 5. The van der Waals surface area contributed by atoms with Crippen molar-refractivity contribution in [2.45, 2.75) is 18.4 Å². The van der Waals surface area contributed by atoms with Gasteiger partial charge in [0.2, 0.25) is 5.91 Å². The Morgan fingerprint density at radius 3 is 2.46 bits per heavy atom. The molecule has 3 aromatic rings. The highest BCUT2D eigenvalue weighted by molar-refractivity contribution is 6.34. The third-order valence-electron chi connectivity index (χ3n) is 5.76. The minimum Gasteiger partial charge on any atom is -0.494 e. The van der Waals surface area contributed by atoms with Crippen LogP contribution in [-0.4, -0.2) is 25.9 Å². The van der Waals surface area contributed by atoms with E-state index in [0.29, 0.717) is 5.56 Å². The highest BCUT2D eigenvalue weighted by Crippen LogP contribution is 2.51. The third-order valence-corrected chi connectivity index (χ3v) is 6.08. The summed E-state index contributed by atoms with van der Waals surface area (Å²) < 4.78 is 70.0. The average Bonchev–Trinajstić information content (AvgIpc) is 3.18. The van der Waals surface area contributed by atoms with Gasteiger partial charge in [-0.15, -0.1) is 13.2 Å². The first-order valence-electron chi connectivity index (χ1n) is 10.2. The molecule has 0 aromatic heterocycles. The normalized spacial score (nSPS) is 17.0. The van der Waals surface area contributed by atoms with Gasteiger partial charge in [-0.1, -0.05) is 29.8 Å². The maximum absolute atomic E-state index is 15.5. The minimum absolute atomic E-state index is 0.0411. The number of fused-ring (bicyclic) bond motifs is 1. The standard InChI is InChI=1S/C24H19ClF4N2O4/c1-33-18-8-6-12(22(31)32)20(21(18)26)19-13-10-23(11-30,34-16(13)9-7-15(19)25)14-4-2-3-5-17(14)35-24(27,28)29/h2-9H,10-11,30H2,1H3,(H2,31,32)/t23-/m1/s1. The second-order valence-electron chi connectivity index (χ2n) is 7.79. The molecule has 1 aliphatic heterocycles. The molecule has 1 heterocycles. The largest absolute Gasteiger partial charge is 0.573 e. The van der Waals surface area contributed by atoms with Gasteiger partial charge in [-0.25, -0.2) is 4.39 Å². The summed E-state index contributed by atoms with van der Waals surface area (Å²) in [4.78, 5) is 12.1. The van der Waals surface area contributed by atoms with E-state index in [-0.39, 0.29) is 51.7 Å². The van der Waals surface area contributed by atoms with Crippen LogP contribution >= 0.6 is 11.6 Å². The molecule has 35 heavy (non-hydrogen) atoms. The van der Waals surface area contributed by atoms with E-state index in [2.05, 4.69) is 4.74 Å². The van der Waals surface area contributed by atoms with E-state index < -0.39 is 29.4 Å². The zero-order valence-electron chi connectivity index (χ0n) is 18.2. The van der Waals surface area contributed by atoms with Gasteiger partial charge in [0.1, 0.15) is 11.5 Å². The molecule has 1 aliphatic rings. The number of benzene rings is 3. The van der Waals surface area contributed by atoms with Gasteiger partial charge in [-0.2, -0.15) is 0 Å². The molecule has 1 atom stereocenters. The van der Waals surface area contributed by atoms with Crippen LogP contribution in [0.4, 0.5) is 17.6 Å². The van der Waals surface area contributed by atoms with Gasteiger partial charge in [0.25, 0.3) is 0 Å². The molecule has 3 aromatic carbocycles. The number of nitrogens with two attached hydrogens (primary N) is 2. The fourth-order valence-corrected chi connectivity index (χ4v) is 4.54. The van der Waals surface area contributed by atoms with Crippen molar-refractivity contribution in [3.8, 4) is 28.4 Å². The molecule has 0 radical (unpaired) electrons. The summed E-state index contributed by atoms with van der Waals surface area (Å²) in [6, 6.07) is 10.9. The van der Waals surface area contributed by atoms with E-state index in [1.165, 1.54) is 49.6 Å². The van der Waals surface area contributed by atoms with Gasteiger partial charge in [-0.3, -0.25) is 4.79 Å². The number of amides is 1. The van der Waals surface area contributed by atoms with Gasteiger partial charge >= 0.3 is 6.36 Å². The molecular formula is C24H19ClF4N2O4. The number of rotatable bonds is 6. The molecular weight excluding hydrogens is 492 g/mol. The molecule has 6 nitrogen and oxygen atoms in total. The molecule has 0 bridgehead atoms. The Labute approximate surface area is 202 Å². The van der Waals surface area contributed by atoms with Crippen molar-refractivity contribution in [2.75, 3.05) is 13.7 Å². The van der Waals surface area contributed by atoms with Crippen molar-refractivity contribution in [1.29, 1.82) is 0 Å². The van der Waals surface area contributed by atoms with Gasteiger partial charge in [0.05, 0.1) is 12.7 Å². The summed E-state index contributed by atoms with van der Waals surface area (Å²) >= 11 is 6.47. The number of methoxy groups -OCH3 is 1. The Balaban J connectivity index is 1.93. The highest BCUT2D eigenvalue weighted by atomic mass is 35.5. The van der Waals surface area contributed by atoms with Crippen molar-refractivity contribution < 1.29 is 36.6 Å². The number of para-hydroxylation sites is 1. The lowest BCUT2D eigenvalue weighted by Crippen LogP contribution is -2.40. The Morgan fingerprint density at radius 1 is 1.11 bits per heavy atom. The van der Waals surface area contributed by atoms with Crippen LogP contribution < -0.4 is 25.7 Å². The maximum atomic E-state index is 15.5. The summed E-state index contributed by atoms with van der Waals surface area (Å²) in [7, 11) is 1.25. The molecule has 184 valence electrons. The first-order valence-corrected chi connectivity index (χ1v) is 10.6. The fourth-order valence-electron chi connectivity index (χ4n) is 4.27. The van der Waals surface area contributed by atoms with Gasteiger partial charge in [0, 0.05) is 40.2 Å². The minimum atomic E-state index is -4.95. The van der Waals surface area contributed by atoms with E-state index in [1.54, 1.807) is 0 Å². The number of carbonyl (C=O) groups excluding carboxylic acids is 1.